The van der Waals surface area contributed by atoms with Crippen molar-refractivity contribution >= 4 is 17.3 Å². The molecule has 112 valence electrons. The van der Waals surface area contributed by atoms with E-state index < -0.39 is 0 Å². The fourth-order valence-corrected chi connectivity index (χ4v) is 2.42. The lowest BCUT2D eigenvalue weighted by molar-refractivity contribution is 0.202. The van der Waals surface area contributed by atoms with E-state index in [0.29, 0.717) is 23.9 Å². The molecule has 3 nitrogen and oxygen atoms in total. The van der Waals surface area contributed by atoms with Gasteiger partial charge < -0.3 is 14.8 Å². The third-order valence-corrected chi connectivity index (χ3v) is 3.59. The van der Waals surface area contributed by atoms with Crippen molar-refractivity contribution in [1.82, 2.24) is 0 Å². The van der Waals surface area contributed by atoms with Crippen molar-refractivity contribution in [3.8, 4) is 5.75 Å². The molecule has 1 N–H and O–H groups in total. The lowest BCUT2D eigenvalue weighted by Gasteiger charge is -2.12. The van der Waals surface area contributed by atoms with Crippen molar-refractivity contribution in [2.75, 3.05) is 26.1 Å². The third kappa shape index (κ3) is 4.38. The molecule has 0 aromatic heterocycles. The molecule has 0 bridgehead atoms. The molecule has 0 saturated heterocycles. The van der Waals surface area contributed by atoms with E-state index in [-0.39, 0.29) is 0 Å². The normalized spacial score (nSPS) is 10.4. The number of methoxy groups -OCH3 is 2. The Hall–Kier alpha value is -1.71. The van der Waals surface area contributed by atoms with Crippen LogP contribution in [-0.2, 0) is 17.7 Å². The summed E-state index contributed by atoms with van der Waals surface area (Å²) in [6.45, 7) is 1.43. The standard InChI is InChI=1S/C17H20ClNO2/c1-20-10-9-14-5-3-4-6-16(14)19-12-13-7-8-17(21-2)15(18)11-13/h3-8,11,19H,9-10,12H2,1-2H3. The van der Waals surface area contributed by atoms with Crippen LogP contribution in [0.15, 0.2) is 42.5 Å². The first-order valence-electron chi connectivity index (χ1n) is 6.87. The summed E-state index contributed by atoms with van der Waals surface area (Å²) in [5.74, 6) is 0.695. The highest BCUT2D eigenvalue weighted by Crippen LogP contribution is 2.25. The van der Waals surface area contributed by atoms with Crippen LogP contribution < -0.4 is 10.1 Å². The number of anilines is 1. The van der Waals surface area contributed by atoms with E-state index in [1.807, 2.05) is 30.3 Å². The van der Waals surface area contributed by atoms with Gasteiger partial charge in [0, 0.05) is 19.3 Å². The average molecular weight is 306 g/mol. The van der Waals surface area contributed by atoms with Crippen LogP contribution in [0.2, 0.25) is 5.02 Å². The Morgan fingerprint density at radius 1 is 1.10 bits per heavy atom. The number of ether oxygens (including phenoxy) is 2. The average Bonchev–Trinajstić information content (AvgIpc) is 2.52. The van der Waals surface area contributed by atoms with Gasteiger partial charge >= 0.3 is 0 Å². The minimum Gasteiger partial charge on any atom is -0.495 e. The van der Waals surface area contributed by atoms with E-state index in [1.54, 1.807) is 14.2 Å². The molecule has 0 aliphatic heterocycles. The maximum atomic E-state index is 6.14. The molecule has 0 aliphatic rings. The minimum atomic E-state index is 0.629. The van der Waals surface area contributed by atoms with Gasteiger partial charge in [-0.1, -0.05) is 35.9 Å². The molecule has 21 heavy (non-hydrogen) atoms. The largest absolute Gasteiger partial charge is 0.495 e. The van der Waals surface area contributed by atoms with Crippen LogP contribution in [0.25, 0.3) is 0 Å². The number of hydrogen-bond donors (Lipinski definition) is 1. The summed E-state index contributed by atoms with van der Waals surface area (Å²) < 4.78 is 10.3. The number of rotatable bonds is 7. The molecule has 0 saturated carbocycles. The second kappa shape index (κ2) is 7.91. The van der Waals surface area contributed by atoms with Crippen molar-refractivity contribution in [2.24, 2.45) is 0 Å². The van der Waals surface area contributed by atoms with Crippen LogP contribution >= 0.6 is 11.6 Å². The summed E-state index contributed by atoms with van der Waals surface area (Å²) in [5, 5.41) is 4.08. The molecule has 2 aromatic carbocycles. The van der Waals surface area contributed by atoms with E-state index >= 15 is 0 Å². The second-order valence-corrected chi connectivity index (χ2v) is 5.13. The quantitative estimate of drug-likeness (QED) is 0.833. The fourth-order valence-electron chi connectivity index (χ4n) is 2.14. The molecule has 0 aliphatic carbocycles. The molecule has 0 fully saturated rings. The number of benzene rings is 2. The van der Waals surface area contributed by atoms with Gasteiger partial charge in [0.05, 0.1) is 18.7 Å². The molecule has 0 heterocycles. The van der Waals surface area contributed by atoms with Gasteiger partial charge in [0.1, 0.15) is 5.75 Å². The molecule has 0 atom stereocenters. The van der Waals surface area contributed by atoms with Crippen molar-refractivity contribution in [1.29, 1.82) is 0 Å². The molecule has 4 heteroatoms. The number of nitrogens with one attached hydrogen (secondary N) is 1. The Balaban J connectivity index is 2.04. The van der Waals surface area contributed by atoms with E-state index in [9.17, 15) is 0 Å². The van der Waals surface area contributed by atoms with Crippen molar-refractivity contribution < 1.29 is 9.47 Å². The first kappa shape index (κ1) is 15.7. The molecule has 2 aromatic rings. The maximum Gasteiger partial charge on any atom is 0.137 e. The monoisotopic (exact) mass is 305 g/mol. The van der Waals surface area contributed by atoms with Crippen LogP contribution in [0.5, 0.6) is 5.75 Å². The van der Waals surface area contributed by atoms with Crippen molar-refractivity contribution in [2.45, 2.75) is 13.0 Å². The van der Waals surface area contributed by atoms with E-state index in [2.05, 4.69) is 17.4 Å². The summed E-state index contributed by atoms with van der Waals surface area (Å²) >= 11 is 6.14. The third-order valence-electron chi connectivity index (χ3n) is 3.29. The Morgan fingerprint density at radius 2 is 1.90 bits per heavy atom. The first-order chi connectivity index (χ1) is 10.2. The maximum absolute atomic E-state index is 6.14. The Bertz CT molecular complexity index is 587. The number of para-hydroxylation sites is 1. The van der Waals surface area contributed by atoms with Gasteiger partial charge in [-0.2, -0.15) is 0 Å². The summed E-state index contributed by atoms with van der Waals surface area (Å²) in [5.41, 5.74) is 3.49. The smallest absolute Gasteiger partial charge is 0.137 e. The van der Waals surface area contributed by atoms with Crippen LogP contribution in [0, 0.1) is 0 Å². The van der Waals surface area contributed by atoms with Crippen molar-refractivity contribution in [3.63, 3.8) is 0 Å². The lowest BCUT2D eigenvalue weighted by atomic mass is 10.1. The molecule has 0 radical (unpaired) electrons. The van der Waals surface area contributed by atoms with Gasteiger partial charge in [-0.15, -0.1) is 0 Å². The summed E-state index contributed by atoms with van der Waals surface area (Å²) in [4.78, 5) is 0. The zero-order chi connectivity index (χ0) is 15.1. The van der Waals surface area contributed by atoms with Crippen LogP contribution in [-0.4, -0.2) is 20.8 Å². The van der Waals surface area contributed by atoms with Crippen LogP contribution in [0.4, 0.5) is 5.69 Å². The highest BCUT2D eigenvalue weighted by Gasteiger charge is 2.04. The lowest BCUT2D eigenvalue weighted by Crippen LogP contribution is -2.04. The molecule has 0 amide bonds. The van der Waals surface area contributed by atoms with E-state index in [1.165, 1.54) is 5.56 Å². The predicted octanol–water partition coefficient (Wildman–Crippen LogP) is 4.15. The zero-order valence-corrected chi connectivity index (χ0v) is 13.1. The fraction of sp³-hybridized carbons (Fsp3) is 0.294. The predicted molar refractivity (Wildman–Crippen MR) is 87.4 cm³/mol. The molecular formula is C17H20ClNO2. The molecular weight excluding hydrogens is 286 g/mol. The van der Waals surface area contributed by atoms with Gasteiger partial charge in [0.2, 0.25) is 0 Å². The van der Waals surface area contributed by atoms with Gasteiger partial charge in [0.15, 0.2) is 0 Å². The zero-order valence-electron chi connectivity index (χ0n) is 12.4. The Kier molecular flexibility index (Phi) is 5.90. The van der Waals surface area contributed by atoms with Crippen LogP contribution in [0.1, 0.15) is 11.1 Å². The topological polar surface area (TPSA) is 30.5 Å². The molecule has 2 rings (SSSR count). The Labute approximate surface area is 130 Å². The second-order valence-electron chi connectivity index (χ2n) is 4.72. The minimum absolute atomic E-state index is 0.629. The number of halogens is 1. The van der Waals surface area contributed by atoms with Crippen LogP contribution in [0.3, 0.4) is 0 Å². The van der Waals surface area contributed by atoms with Gasteiger partial charge in [-0.05, 0) is 35.7 Å². The summed E-state index contributed by atoms with van der Waals surface area (Å²) in [7, 11) is 3.33. The molecule has 0 unspecified atom stereocenters. The van der Waals surface area contributed by atoms with E-state index in [4.69, 9.17) is 21.1 Å². The van der Waals surface area contributed by atoms with E-state index in [0.717, 1.165) is 17.7 Å². The first-order valence-corrected chi connectivity index (χ1v) is 7.25. The Morgan fingerprint density at radius 3 is 2.62 bits per heavy atom. The van der Waals surface area contributed by atoms with Gasteiger partial charge in [-0.25, -0.2) is 0 Å². The summed E-state index contributed by atoms with van der Waals surface area (Å²) in [6, 6.07) is 14.1. The number of hydrogen-bond acceptors (Lipinski definition) is 3. The summed E-state index contributed by atoms with van der Waals surface area (Å²) in [6.07, 6.45) is 0.892. The highest BCUT2D eigenvalue weighted by molar-refractivity contribution is 6.32. The van der Waals surface area contributed by atoms with Crippen molar-refractivity contribution in [3.05, 3.63) is 58.6 Å². The molecule has 0 spiro atoms. The SMILES string of the molecule is COCCc1ccccc1NCc1ccc(OC)c(Cl)c1. The van der Waals surface area contributed by atoms with Gasteiger partial charge in [-0.3, -0.25) is 0 Å². The highest BCUT2D eigenvalue weighted by atomic mass is 35.5. The van der Waals surface area contributed by atoms with Gasteiger partial charge in [0.25, 0.3) is 0 Å².